The largest absolute Gasteiger partial charge is 0.479 e. The van der Waals surface area contributed by atoms with E-state index in [-0.39, 0.29) is 115 Å². The lowest BCUT2D eigenvalue weighted by Crippen LogP contribution is -2.61. The molecule has 9 atom stereocenters. The van der Waals surface area contributed by atoms with Gasteiger partial charge in [0.25, 0.3) is 11.8 Å². The van der Waals surface area contributed by atoms with Crippen LogP contribution >= 0.6 is 0 Å². The fourth-order valence-electron chi connectivity index (χ4n) is 6.65. The standard InChI is InChI=1S/C46H64N4O23/c1-25(2)49-70-18-17-66-24-35(54)50(11-15-64-13-9-47-42(60)30-19-28(21-67-26(3)51)5-7-33(30)71-45-39(58)36(55)32(53)23-69-45)12-16-65-14-10-48-43(61)31-20-29(22-68-27(4)52)6-8-34(31)72-46-40(59)37(56)38(57)41(73-46)44(62)63/h5-8,19-20,32,36-41,45-46,53,55-59H,9-18,21-24H2,1-4H3,(H,47,60)(H,48,61)(H,62,63)/t32-,36+,37+,38+,39-,40-,41+,45+,46-/m1/s1. The zero-order valence-corrected chi connectivity index (χ0v) is 40.6. The van der Waals surface area contributed by atoms with Gasteiger partial charge in [0.05, 0.1) is 56.5 Å². The normalized spacial score (nSPS) is 22.5. The van der Waals surface area contributed by atoms with Crippen LogP contribution in [0.15, 0.2) is 41.6 Å². The molecule has 2 aromatic rings. The lowest BCUT2D eigenvalue weighted by atomic mass is 9.99. The van der Waals surface area contributed by atoms with Crippen molar-refractivity contribution < 1.29 is 112 Å². The quantitative estimate of drug-likeness (QED) is 0.0174. The molecule has 0 unspecified atom stereocenters. The van der Waals surface area contributed by atoms with Gasteiger partial charge in [-0.05, 0) is 49.2 Å². The summed E-state index contributed by atoms with van der Waals surface area (Å²) >= 11 is 0. The number of benzene rings is 2. The van der Waals surface area contributed by atoms with Crippen molar-refractivity contribution in [2.45, 2.75) is 96.2 Å². The van der Waals surface area contributed by atoms with Crippen molar-refractivity contribution in [2.75, 3.05) is 79.0 Å². The van der Waals surface area contributed by atoms with Gasteiger partial charge in [-0.3, -0.25) is 24.0 Å². The summed E-state index contributed by atoms with van der Waals surface area (Å²) in [5, 5.41) is 79.7. The smallest absolute Gasteiger partial charge is 0.335 e. The topological polar surface area (TPSA) is 376 Å². The van der Waals surface area contributed by atoms with Crippen molar-refractivity contribution in [2.24, 2.45) is 5.16 Å². The summed E-state index contributed by atoms with van der Waals surface area (Å²) in [7, 11) is 0. The highest BCUT2D eigenvalue weighted by molar-refractivity contribution is 5.97. The second kappa shape index (κ2) is 30.2. The summed E-state index contributed by atoms with van der Waals surface area (Å²) < 4.78 is 48.9. The summed E-state index contributed by atoms with van der Waals surface area (Å²) in [4.78, 5) is 81.1. The molecule has 3 amide bonds. The molecule has 0 radical (unpaired) electrons. The van der Waals surface area contributed by atoms with E-state index < -0.39 is 90.9 Å². The molecule has 406 valence electrons. The average Bonchev–Trinajstić information content (AvgIpc) is 3.35. The van der Waals surface area contributed by atoms with Gasteiger partial charge in [-0.25, -0.2) is 4.79 Å². The molecule has 2 fully saturated rings. The Kier molecular flexibility index (Phi) is 24.6. The minimum absolute atomic E-state index is 0.00292. The minimum atomic E-state index is -1.98. The summed E-state index contributed by atoms with van der Waals surface area (Å²) in [6, 6.07) is 8.34. The maximum atomic E-state index is 13.5. The van der Waals surface area contributed by atoms with Crippen LogP contribution < -0.4 is 20.1 Å². The number of carbonyl (C=O) groups is 6. The van der Waals surface area contributed by atoms with Crippen LogP contribution in [0.1, 0.15) is 59.5 Å². The van der Waals surface area contributed by atoms with Crippen molar-refractivity contribution >= 4 is 41.3 Å². The number of oxime groups is 1. The Morgan fingerprint density at radius 2 is 1.16 bits per heavy atom. The maximum Gasteiger partial charge on any atom is 0.335 e. The maximum absolute atomic E-state index is 13.5. The monoisotopic (exact) mass is 1040 g/mol. The van der Waals surface area contributed by atoms with Gasteiger partial charge < -0.3 is 98.7 Å². The number of aliphatic hydroxyl groups excluding tert-OH is 6. The number of aliphatic hydroxyl groups is 6. The molecule has 0 saturated carbocycles. The van der Waals surface area contributed by atoms with E-state index >= 15 is 0 Å². The first kappa shape index (κ1) is 59.5. The molecule has 0 bridgehead atoms. The molecule has 9 N–H and O–H groups in total. The van der Waals surface area contributed by atoms with Crippen LogP contribution in [-0.4, -0.2) is 216 Å². The Morgan fingerprint density at radius 1 is 0.644 bits per heavy atom. The summed E-state index contributed by atoms with van der Waals surface area (Å²) in [6.45, 7) is 4.90. The predicted molar refractivity (Wildman–Crippen MR) is 246 cm³/mol. The van der Waals surface area contributed by atoms with E-state index in [1.165, 1.54) is 55.1 Å². The second-order valence-corrected chi connectivity index (χ2v) is 16.5. The number of carboxylic acid groups (broad SMARTS) is 1. The van der Waals surface area contributed by atoms with Crippen LogP contribution in [0.2, 0.25) is 0 Å². The van der Waals surface area contributed by atoms with Crippen molar-refractivity contribution in [1.82, 2.24) is 15.5 Å². The van der Waals surface area contributed by atoms with Gasteiger partial charge >= 0.3 is 17.9 Å². The second-order valence-electron chi connectivity index (χ2n) is 16.5. The first-order chi connectivity index (χ1) is 34.8. The first-order valence-corrected chi connectivity index (χ1v) is 22.9. The van der Waals surface area contributed by atoms with Crippen LogP contribution in [0.4, 0.5) is 0 Å². The fourth-order valence-corrected chi connectivity index (χ4v) is 6.65. The molecule has 27 nitrogen and oxygen atoms in total. The van der Waals surface area contributed by atoms with E-state index in [0.29, 0.717) is 16.8 Å². The highest BCUT2D eigenvalue weighted by atomic mass is 16.7. The number of aliphatic carboxylic acids is 1. The third kappa shape index (κ3) is 19.4. The number of nitrogens with one attached hydrogen (secondary N) is 2. The van der Waals surface area contributed by atoms with Crippen molar-refractivity contribution in [3.8, 4) is 11.5 Å². The molecular weight excluding hydrogens is 977 g/mol. The lowest BCUT2D eigenvalue weighted by Gasteiger charge is -2.38. The van der Waals surface area contributed by atoms with E-state index in [2.05, 4.69) is 15.8 Å². The van der Waals surface area contributed by atoms with Crippen LogP contribution in [0.3, 0.4) is 0 Å². The average molecular weight is 1040 g/mol. The number of rotatable bonds is 29. The van der Waals surface area contributed by atoms with Gasteiger partial charge in [0.1, 0.15) is 74.6 Å². The molecule has 0 aliphatic carbocycles. The zero-order valence-electron chi connectivity index (χ0n) is 40.6. The van der Waals surface area contributed by atoms with Crippen LogP contribution in [0.5, 0.6) is 11.5 Å². The Labute approximate surface area is 418 Å². The zero-order chi connectivity index (χ0) is 53.6. The van der Waals surface area contributed by atoms with Gasteiger partial charge in [-0.2, -0.15) is 0 Å². The van der Waals surface area contributed by atoms with Gasteiger partial charge in [-0.1, -0.05) is 17.3 Å². The van der Waals surface area contributed by atoms with Crippen LogP contribution in [-0.2, 0) is 70.4 Å². The van der Waals surface area contributed by atoms with Gasteiger partial charge in [0.2, 0.25) is 18.5 Å². The highest BCUT2D eigenvalue weighted by Gasteiger charge is 2.48. The SMILES string of the molecule is CC(=O)OCc1ccc(O[C@@H]2O[C@H](C(=O)O)[C@@H](O)[C@H](O)[C@H]2O)c(C(=O)NCCOCCN(CCOCCNC(=O)c2cc(COC(C)=O)ccc2O[C@@H]2OC[C@@H](O)[C@H](O)[C@H]2O)C(=O)COCCON=C(C)C)c1. The van der Waals surface area contributed by atoms with Crippen molar-refractivity contribution in [1.29, 1.82) is 0 Å². The molecule has 27 heteroatoms. The Hall–Kier alpha value is -6.11. The molecule has 0 spiro atoms. The molecule has 2 aromatic carbocycles. The number of hydrogen-bond acceptors (Lipinski definition) is 23. The van der Waals surface area contributed by atoms with Crippen LogP contribution in [0.25, 0.3) is 0 Å². The Morgan fingerprint density at radius 3 is 1.67 bits per heavy atom. The van der Waals surface area contributed by atoms with E-state index in [0.717, 1.165) is 0 Å². The molecule has 73 heavy (non-hydrogen) atoms. The summed E-state index contributed by atoms with van der Waals surface area (Å²) in [6.07, 6.45) is -15.7. The molecule has 2 heterocycles. The van der Waals surface area contributed by atoms with E-state index in [1.54, 1.807) is 13.8 Å². The third-order valence-corrected chi connectivity index (χ3v) is 10.4. The molecular formula is C46H64N4O23. The molecule has 2 saturated heterocycles. The highest BCUT2D eigenvalue weighted by Crippen LogP contribution is 2.29. The first-order valence-electron chi connectivity index (χ1n) is 22.9. The summed E-state index contributed by atoms with van der Waals surface area (Å²) in [5.41, 5.74) is 1.28. The van der Waals surface area contributed by atoms with Crippen LogP contribution in [0, 0.1) is 0 Å². The van der Waals surface area contributed by atoms with E-state index in [1.807, 2.05) is 0 Å². The molecule has 2 aliphatic rings. The number of amides is 3. The molecule has 0 aromatic heterocycles. The number of carbonyl (C=O) groups excluding carboxylic acids is 5. The number of carboxylic acids is 1. The molecule has 2 aliphatic heterocycles. The lowest BCUT2D eigenvalue weighted by molar-refractivity contribution is -0.271. The number of nitrogens with zero attached hydrogens (tertiary/aromatic N) is 2. The molecule has 4 rings (SSSR count). The fraction of sp³-hybridized carbons (Fsp3) is 0.587. The predicted octanol–water partition coefficient (Wildman–Crippen LogP) is -2.65. The van der Waals surface area contributed by atoms with Crippen molar-refractivity contribution in [3.63, 3.8) is 0 Å². The van der Waals surface area contributed by atoms with Crippen molar-refractivity contribution in [3.05, 3.63) is 58.7 Å². The summed E-state index contributed by atoms with van der Waals surface area (Å²) in [5.74, 6) is -4.87. The van der Waals surface area contributed by atoms with Gasteiger partial charge in [0.15, 0.2) is 6.10 Å². The third-order valence-electron chi connectivity index (χ3n) is 10.4. The van der Waals surface area contributed by atoms with Gasteiger partial charge in [0, 0.05) is 40.0 Å². The number of ether oxygens (including phenoxy) is 9. The number of esters is 2. The Balaban J connectivity index is 1.32. The van der Waals surface area contributed by atoms with E-state index in [9.17, 15) is 64.5 Å². The minimum Gasteiger partial charge on any atom is -0.479 e. The van der Waals surface area contributed by atoms with E-state index in [4.69, 9.17) is 47.5 Å². The number of hydrogen-bond donors (Lipinski definition) is 9. The Bertz CT molecular complexity index is 2180. The van der Waals surface area contributed by atoms with Gasteiger partial charge in [-0.15, -0.1) is 0 Å².